The Morgan fingerprint density at radius 1 is 1.15 bits per heavy atom. The molecule has 1 heterocycles. The molecule has 10 heteroatoms. The van der Waals surface area contributed by atoms with Crippen molar-refractivity contribution in [1.82, 2.24) is 4.31 Å². The van der Waals surface area contributed by atoms with Crippen LogP contribution in [-0.4, -0.2) is 75.9 Å². The highest BCUT2D eigenvalue weighted by Crippen LogP contribution is 2.64. The standard InChI is InChI=1S/C31H45NO7SSi/c1-20-9-12-22(13-10-20)40(35,36)32(5)18-17-30-26-21-11-14-23(37-6)27(26)38-28(30)24(39-41(7,8)29(2,3)4)15-16-31(30,34)25(33)19-21/h9-14,24-25,28,33-34H,15-19H2,1-8H3/t24-,25-,28+,30+,31-/m0/s1. The van der Waals surface area contributed by atoms with Gasteiger partial charge in [-0.15, -0.1) is 0 Å². The molecule has 2 aromatic rings. The Morgan fingerprint density at radius 3 is 2.41 bits per heavy atom. The number of benzene rings is 2. The Hall–Kier alpha value is -1.95. The van der Waals surface area contributed by atoms with Gasteiger partial charge in [0, 0.05) is 25.6 Å². The Morgan fingerprint density at radius 2 is 1.80 bits per heavy atom. The molecule has 0 spiro atoms. The van der Waals surface area contributed by atoms with Gasteiger partial charge in [-0.1, -0.05) is 44.5 Å². The van der Waals surface area contributed by atoms with Crippen LogP contribution in [0, 0.1) is 6.92 Å². The number of aliphatic hydroxyl groups is 2. The smallest absolute Gasteiger partial charge is 0.242 e. The van der Waals surface area contributed by atoms with Crippen molar-refractivity contribution in [2.24, 2.45) is 0 Å². The van der Waals surface area contributed by atoms with Gasteiger partial charge in [-0.3, -0.25) is 0 Å². The van der Waals surface area contributed by atoms with Crippen LogP contribution in [-0.2, 0) is 26.3 Å². The van der Waals surface area contributed by atoms with Gasteiger partial charge in [0.2, 0.25) is 10.0 Å². The Labute approximate surface area is 245 Å². The molecular weight excluding hydrogens is 558 g/mol. The molecular formula is C31H45NO7SSi. The molecule has 0 saturated heterocycles. The van der Waals surface area contributed by atoms with Gasteiger partial charge in [-0.05, 0) is 68.1 Å². The molecule has 1 fully saturated rings. The normalized spacial score (nSPS) is 29.3. The van der Waals surface area contributed by atoms with Crippen molar-refractivity contribution in [2.45, 2.75) is 106 Å². The van der Waals surface area contributed by atoms with Crippen molar-refractivity contribution in [2.75, 3.05) is 20.7 Å². The molecule has 2 N–H and O–H groups in total. The van der Waals surface area contributed by atoms with Crippen molar-refractivity contribution >= 4 is 18.3 Å². The van der Waals surface area contributed by atoms with Gasteiger partial charge >= 0.3 is 0 Å². The van der Waals surface area contributed by atoms with Gasteiger partial charge in [-0.25, -0.2) is 12.7 Å². The van der Waals surface area contributed by atoms with Crippen molar-refractivity contribution in [3.63, 3.8) is 0 Å². The predicted octanol–water partition coefficient (Wildman–Crippen LogP) is 4.55. The van der Waals surface area contributed by atoms with E-state index in [9.17, 15) is 18.6 Å². The summed E-state index contributed by atoms with van der Waals surface area (Å²) in [4.78, 5) is 0.218. The number of methoxy groups -OCH3 is 1. The molecule has 5 rings (SSSR count). The number of aryl methyl sites for hydroxylation is 1. The average Bonchev–Trinajstić information content (AvgIpc) is 3.26. The molecule has 0 bridgehead atoms. The summed E-state index contributed by atoms with van der Waals surface area (Å²) in [6.07, 6.45) is -0.624. The molecule has 1 aliphatic heterocycles. The van der Waals surface area contributed by atoms with Crippen LogP contribution in [0.5, 0.6) is 11.5 Å². The van der Waals surface area contributed by atoms with E-state index in [1.165, 1.54) is 4.31 Å². The summed E-state index contributed by atoms with van der Waals surface area (Å²) in [5.41, 5.74) is 0.0680. The molecule has 8 nitrogen and oxygen atoms in total. The number of rotatable bonds is 8. The minimum atomic E-state index is -3.78. The zero-order valence-electron chi connectivity index (χ0n) is 25.5. The second-order valence-electron chi connectivity index (χ2n) is 13.6. The van der Waals surface area contributed by atoms with Crippen LogP contribution in [0.25, 0.3) is 0 Å². The molecule has 2 aromatic carbocycles. The molecule has 226 valence electrons. The van der Waals surface area contributed by atoms with Crippen LogP contribution in [0.1, 0.15) is 56.7 Å². The Bertz CT molecular complexity index is 1420. The number of nitrogens with zero attached hydrogens (tertiary/aromatic N) is 1. The van der Waals surface area contributed by atoms with Crippen LogP contribution in [0.4, 0.5) is 0 Å². The van der Waals surface area contributed by atoms with Gasteiger partial charge < -0.3 is 24.1 Å². The van der Waals surface area contributed by atoms with E-state index < -0.39 is 41.6 Å². The van der Waals surface area contributed by atoms with Crippen LogP contribution >= 0.6 is 0 Å². The Balaban J connectivity index is 1.61. The number of hydrogen-bond donors (Lipinski definition) is 2. The van der Waals surface area contributed by atoms with E-state index in [0.29, 0.717) is 24.3 Å². The quantitative estimate of drug-likeness (QED) is 0.427. The molecule has 41 heavy (non-hydrogen) atoms. The van der Waals surface area contributed by atoms with E-state index in [1.807, 2.05) is 19.1 Å². The fraction of sp³-hybridized carbons (Fsp3) is 0.613. The highest BCUT2D eigenvalue weighted by molar-refractivity contribution is 7.89. The van der Waals surface area contributed by atoms with Crippen molar-refractivity contribution in [3.05, 3.63) is 53.1 Å². The minimum absolute atomic E-state index is 0.0450. The van der Waals surface area contributed by atoms with Crippen LogP contribution in [0.15, 0.2) is 41.3 Å². The molecule has 1 saturated carbocycles. The lowest BCUT2D eigenvalue weighted by molar-refractivity contribution is -0.198. The van der Waals surface area contributed by atoms with E-state index in [1.54, 1.807) is 38.4 Å². The first-order chi connectivity index (χ1) is 19.0. The number of sulfonamides is 1. The summed E-state index contributed by atoms with van der Waals surface area (Å²) < 4.78 is 47.9. The van der Waals surface area contributed by atoms with E-state index in [4.69, 9.17) is 13.9 Å². The molecule has 0 unspecified atom stereocenters. The Kier molecular flexibility index (Phi) is 7.48. The summed E-state index contributed by atoms with van der Waals surface area (Å²) in [5, 5.41) is 24.0. The third-order valence-electron chi connectivity index (χ3n) is 10.3. The van der Waals surface area contributed by atoms with Gasteiger partial charge in [0.1, 0.15) is 11.7 Å². The molecule has 5 atom stereocenters. The maximum absolute atomic E-state index is 13.6. The van der Waals surface area contributed by atoms with Crippen LogP contribution in [0.2, 0.25) is 18.1 Å². The largest absolute Gasteiger partial charge is 0.493 e. The van der Waals surface area contributed by atoms with Crippen molar-refractivity contribution in [1.29, 1.82) is 0 Å². The second-order valence-corrected chi connectivity index (χ2v) is 20.4. The molecule has 0 radical (unpaired) electrons. The highest BCUT2D eigenvalue weighted by atomic mass is 32.2. The minimum Gasteiger partial charge on any atom is -0.493 e. The SMILES string of the molecule is COc1ccc2c3c1O[C@@H]1[C@@H](O[Si](C)(C)C(C)(C)C)CC[C@](O)([C@@H](O)C2)[C@]31CCN(C)S(=O)(=O)c1ccc(C)cc1. The number of aliphatic hydroxyl groups excluding tert-OH is 1. The number of hydrogen-bond acceptors (Lipinski definition) is 7. The van der Waals surface area contributed by atoms with Crippen LogP contribution < -0.4 is 9.47 Å². The highest BCUT2D eigenvalue weighted by Gasteiger charge is 2.71. The topological polar surface area (TPSA) is 106 Å². The summed E-state index contributed by atoms with van der Waals surface area (Å²) in [5.74, 6) is 1.12. The first-order valence-electron chi connectivity index (χ1n) is 14.5. The average molecular weight is 604 g/mol. The summed E-state index contributed by atoms with van der Waals surface area (Å²) in [6, 6.07) is 10.6. The van der Waals surface area contributed by atoms with Gasteiger partial charge in [0.25, 0.3) is 0 Å². The van der Waals surface area contributed by atoms with Crippen molar-refractivity contribution < 1.29 is 32.5 Å². The maximum Gasteiger partial charge on any atom is 0.242 e. The summed E-state index contributed by atoms with van der Waals surface area (Å²) >= 11 is 0. The van der Waals surface area contributed by atoms with E-state index >= 15 is 0 Å². The lowest BCUT2D eigenvalue weighted by Gasteiger charge is -2.58. The lowest BCUT2D eigenvalue weighted by Crippen LogP contribution is -2.72. The fourth-order valence-corrected chi connectivity index (χ4v) is 9.37. The summed E-state index contributed by atoms with van der Waals surface area (Å²) in [6.45, 7) is 13.0. The second kappa shape index (κ2) is 10.1. The van der Waals surface area contributed by atoms with E-state index in [0.717, 1.165) is 16.7 Å². The molecule has 0 amide bonds. The molecule has 2 aliphatic carbocycles. The zero-order valence-corrected chi connectivity index (χ0v) is 27.3. The maximum atomic E-state index is 13.6. The van der Waals surface area contributed by atoms with E-state index in [-0.39, 0.29) is 35.4 Å². The van der Waals surface area contributed by atoms with Gasteiger partial charge in [-0.2, -0.15) is 0 Å². The molecule has 3 aliphatic rings. The van der Waals surface area contributed by atoms with Crippen molar-refractivity contribution in [3.8, 4) is 11.5 Å². The van der Waals surface area contributed by atoms with E-state index in [2.05, 4.69) is 33.9 Å². The summed E-state index contributed by atoms with van der Waals surface area (Å²) in [7, 11) is -2.88. The number of ether oxygens (including phenoxy) is 2. The molecule has 0 aromatic heterocycles. The van der Waals surface area contributed by atoms with Gasteiger partial charge in [0.05, 0.1) is 29.6 Å². The monoisotopic (exact) mass is 603 g/mol. The predicted molar refractivity (Wildman–Crippen MR) is 161 cm³/mol. The fourth-order valence-electron chi connectivity index (χ4n) is 6.85. The third kappa shape index (κ3) is 4.57. The first kappa shape index (κ1) is 30.5. The third-order valence-corrected chi connectivity index (χ3v) is 16.7. The van der Waals surface area contributed by atoms with Crippen LogP contribution in [0.3, 0.4) is 0 Å². The zero-order chi connectivity index (χ0) is 30.2. The first-order valence-corrected chi connectivity index (χ1v) is 18.8. The lowest BCUT2D eigenvalue weighted by atomic mass is 9.51. The van der Waals surface area contributed by atoms with Gasteiger partial charge in [0.15, 0.2) is 19.8 Å².